The van der Waals surface area contributed by atoms with Crippen LogP contribution in [0.1, 0.15) is 11.3 Å². The fourth-order valence-corrected chi connectivity index (χ4v) is 4.30. The number of benzene rings is 2. The van der Waals surface area contributed by atoms with E-state index in [2.05, 4.69) is 4.98 Å². The first-order chi connectivity index (χ1) is 13.9. The van der Waals surface area contributed by atoms with Crippen molar-refractivity contribution in [3.63, 3.8) is 0 Å². The second kappa shape index (κ2) is 6.31. The lowest BCUT2D eigenvalue weighted by molar-refractivity contribution is -0.137. The Morgan fingerprint density at radius 2 is 1.83 bits per heavy atom. The summed E-state index contributed by atoms with van der Waals surface area (Å²) >= 11 is 1.25. The van der Waals surface area contributed by atoms with Crippen molar-refractivity contribution in [2.45, 2.75) is 6.18 Å². The second-order valence-corrected chi connectivity index (χ2v) is 7.49. The van der Waals surface area contributed by atoms with Crippen LogP contribution < -0.4 is 10.1 Å². The summed E-state index contributed by atoms with van der Waals surface area (Å²) < 4.78 is 42.8. The van der Waals surface area contributed by atoms with Crippen LogP contribution in [0.3, 0.4) is 0 Å². The van der Waals surface area contributed by atoms with Gasteiger partial charge in [-0.15, -0.1) is 0 Å². The molecule has 5 rings (SSSR count). The maximum absolute atomic E-state index is 13.1. The maximum Gasteiger partial charge on any atom is 0.416 e. The molecule has 0 fully saturated rings. The normalized spacial score (nSPS) is 13.0. The zero-order valence-electron chi connectivity index (χ0n) is 14.7. The third kappa shape index (κ3) is 2.92. The van der Waals surface area contributed by atoms with Gasteiger partial charge < -0.3 is 4.57 Å². The summed E-state index contributed by atoms with van der Waals surface area (Å²) in [7, 11) is 0. The van der Waals surface area contributed by atoms with Gasteiger partial charge in [-0.1, -0.05) is 29.5 Å². The van der Waals surface area contributed by atoms with E-state index in [-0.39, 0.29) is 5.56 Å². The van der Waals surface area contributed by atoms with E-state index in [0.29, 0.717) is 20.9 Å². The summed E-state index contributed by atoms with van der Waals surface area (Å²) in [6.45, 7) is 0. The summed E-state index contributed by atoms with van der Waals surface area (Å²) in [5.74, 6) is 0. The smallest absolute Gasteiger partial charge is 0.317 e. The van der Waals surface area contributed by atoms with E-state index in [9.17, 15) is 18.0 Å². The van der Waals surface area contributed by atoms with Crippen molar-refractivity contribution in [3.8, 4) is 5.69 Å². The van der Waals surface area contributed by atoms with Crippen molar-refractivity contribution >= 4 is 33.4 Å². The molecule has 144 valence electrons. The molecule has 0 atom stereocenters. The van der Waals surface area contributed by atoms with Crippen molar-refractivity contribution in [2.75, 3.05) is 0 Å². The van der Waals surface area contributed by atoms with Crippen LogP contribution in [0.15, 0.2) is 71.7 Å². The van der Waals surface area contributed by atoms with Crippen LogP contribution in [-0.2, 0) is 6.18 Å². The molecule has 0 aliphatic heterocycles. The minimum atomic E-state index is -4.42. The highest BCUT2D eigenvalue weighted by Gasteiger charge is 2.30. The van der Waals surface area contributed by atoms with Gasteiger partial charge in [0.2, 0.25) is 0 Å². The molecule has 0 N–H and O–H groups in total. The van der Waals surface area contributed by atoms with Crippen LogP contribution in [0.25, 0.3) is 27.8 Å². The van der Waals surface area contributed by atoms with Crippen molar-refractivity contribution < 1.29 is 13.2 Å². The molecule has 0 spiro atoms. The van der Waals surface area contributed by atoms with Crippen molar-refractivity contribution in [2.24, 2.45) is 0 Å². The Labute approximate surface area is 165 Å². The van der Waals surface area contributed by atoms with Gasteiger partial charge in [0, 0.05) is 17.6 Å². The van der Waals surface area contributed by atoms with Gasteiger partial charge in [-0.2, -0.15) is 13.2 Å². The average Bonchev–Trinajstić information content (AvgIpc) is 3.37. The minimum absolute atomic E-state index is 0.199. The van der Waals surface area contributed by atoms with Gasteiger partial charge in [0.05, 0.1) is 21.1 Å². The molecule has 4 nitrogen and oxygen atoms in total. The number of hydrogen-bond acceptors (Lipinski definition) is 3. The van der Waals surface area contributed by atoms with E-state index in [1.165, 1.54) is 17.4 Å². The molecule has 0 aliphatic carbocycles. The Morgan fingerprint density at radius 1 is 1.00 bits per heavy atom. The Kier molecular flexibility index (Phi) is 3.85. The molecule has 0 aliphatic rings. The number of thiazole rings is 1. The molecule has 0 radical (unpaired) electrons. The van der Waals surface area contributed by atoms with Crippen LogP contribution in [-0.4, -0.2) is 14.0 Å². The topological polar surface area (TPSA) is 39.3 Å². The Hall–Kier alpha value is -3.39. The van der Waals surface area contributed by atoms with E-state index in [1.807, 2.05) is 24.3 Å². The van der Waals surface area contributed by atoms with E-state index >= 15 is 0 Å². The fourth-order valence-electron chi connectivity index (χ4n) is 3.33. The van der Waals surface area contributed by atoms with Crippen molar-refractivity contribution in [1.29, 1.82) is 0 Å². The highest BCUT2D eigenvalue weighted by molar-refractivity contribution is 7.15. The predicted octanol–water partition coefficient (Wildman–Crippen LogP) is 4.27. The van der Waals surface area contributed by atoms with Crippen LogP contribution >= 0.6 is 11.3 Å². The van der Waals surface area contributed by atoms with Gasteiger partial charge in [-0.05, 0) is 48.5 Å². The monoisotopic (exact) mass is 411 g/mol. The summed E-state index contributed by atoms with van der Waals surface area (Å²) in [5, 5.41) is 0. The zero-order valence-corrected chi connectivity index (χ0v) is 15.5. The molecule has 29 heavy (non-hydrogen) atoms. The van der Waals surface area contributed by atoms with Gasteiger partial charge in [-0.3, -0.25) is 4.79 Å². The Balaban J connectivity index is 1.66. The van der Waals surface area contributed by atoms with Gasteiger partial charge in [-0.25, -0.2) is 9.38 Å². The molecule has 2 aromatic carbocycles. The molecule has 0 saturated heterocycles. The van der Waals surface area contributed by atoms with E-state index in [1.54, 1.807) is 39.4 Å². The molecule has 0 saturated carbocycles. The molecule has 8 heteroatoms. The highest BCUT2D eigenvalue weighted by Crippen LogP contribution is 2.30. The number of hydrogen-bond donors (Lipinski definition) is 0. The zero-order chi connectivity index (χ0) is 20.2. The SMILES string of the molecule is O=c1c(=Cc2cccn2-c2cccc(C(F)(F)F)c2)sc2nc3ccccc3n12. The van der Waals surface area contributed by atoms with Crippen LogP contribution in [0.2, 0.25) is 0 Å². The third-order valence-corrected chi connectivity index (χ3v) is 5.62. The standard InChI is InChI=1S/C21H12F3N3OS/c22-21(23,24)13-5-3-6-14(11-13)26-10-4-7-15(26)12-18-19(28)27-17-9-2-1-8-16(17)25-20(27)29-18/h1-12H. The molecule has 3 heterocycles. The molecule has 3 aromatic heterocycles. The quantitative estimate of drug-likeness (QED) is 0.435. The molecular formula is C21H12F3N3OS. The number of fused-ring (bicyclic) bond motifs is 3. The number of nitrogens with zero attached hydrogens (tertiary/aromatic N) is 3. The van der Waals surface area contributed by atoms with Gasteiger partial charge in [0.1, 0.15) is 0 Å². The third-order valence-electron chi connectivity index (χ3n) is 4.66. The second-order valence-electron chi connectivity index (χ2n) is 6.49. The summed E-state index contributed by atoms with van der Waals surface area (Å²) in [5.41, 5.74) is 1.53. The lowest BCUT2D eigenvalue weighted by atomic mass is 10.2. The van der Waals surface area contributed by atoms with Crippen LogP contribution in [0.5, 0.6) is 0 Å². The molecular weight excluding hydrogens is 399 g/mol. The number of aromatic nitrogens is 3. The van der Waals surface area contributed by atoms with Crippen LogP contribution in [0, 0.1) is 0 Å². The Bertz CT molecular complexity index is 1480. The lowest BCUT2D eigenvalue weighted by Gasteiger charge is -2.11. The van der Waals surface area contributed by atoms with E-state index in [4.69, 9.17) is 0 Å². The van der Waals surface area contributed by atoms with Gasteiger partial charge in [0.15, 0.2) is 4.96 Å². The number of alkyl halides is 3. The molecule has 5 aromatic rings. The van der Waals surface area contributed by atoms with E-state index in [0.717, 1.165) is 23.2 Å². The summed E-state index contributed by atoms with van der Waals surface area (Å²) in [6, 6.07) is 15.9. The van der Waals surface area contributed by atoms with E-state index < -0.39 is 11.7 Å². The summed E-state index contributed by atoms with van der Waals surface area (Å²) in [4.78, 5) is 18.0. The average molecular weight is 411 g/mol. The predicted molar refractivity (Wildman–Crippen MR) is 106 cm³/mol. The maximum atomic E-state index is 13.1. The van der Waals surface area contributed by atoms with Gasteiger partial charge >= 0.3 is 6.18 Å². The fraction of sp³-hybridized carbons (Fsp3) is 0.0476. The number of para-hydroxylation sites is 2. The highest BCUT2D eigenvalue weighted by atomic mass is 32.1. The first kappa shape index (κ1) is 17.7. The van der Waals surface area contributed by atoms with Crippen molar-refractivity contribution in [1.82, 2.24) is 14.0 Å². The first-order valence-corrected chi connectivity index (χ1v) is 9.50. The number of imidazole rings is 1. The van der Waals surface area contributed by atoms with Gasteiger partial charge in [0.25, 0.3) is 5.56 Å². The lowest BCUT2D eigenvalue weighted by Crippen LogP contribution is -2.23. The molecule has 0 unspecified atom stereocenters. The Morgan fingerprint density at radius 3 is 2.66 bits per heavy atom. The van der Waals surface area contributed by atoms with Crippen molar-refractivity contribution in [3.05, 3.63) is 93.0 Å². The number of halogens is 3. The largest absolute Gasteiger partial charge is 0.416 e. The first-order valence-electron chi connectivity index (χ1n) is 8.68. The summed E-state index contributed by atoms with van der Waals surface area (Å²) in [6.07, 6.45) is -1.08. The minimum Gasteiger partial charge on any atom is -0.317 e. The number of rotatable bonds is 2. The molecule has 0 amide bonds. The molecule has 0 bridgehead atoms. The van der Waals surface area contributed by atoms with Crippen LogP contribution in [0.4, 0.5) is 13.2 Å².